The molecule has 0 N–H and O–H groups in total. The molecule has 3 heterocycles. The molecular formula is C18H17BrN2O2S. The number of halogens is 1. The van der Waals surface area contributed by atoms with E-state index in [4.69, 9.17) is 0 Å². The SMILES string of the molecule is CC[C@H]1c2ccsc2CCN1CN1C(=O)C(=O)c2cc(Br)ccc21. The van der Waals surface area contributed by atoms with Gasteiger partial charge in [-0.2, -0.15) is 0 Å². The number of benzene rings is 1. The number of hydrogen-bond acceptors (Lipinski definition) is 4. The van der Waals surface area contributed by atoms with Crippen LogP contribution < -0.4 is 4.90 Å². The normalized spacial score (nSPS) is 20.4. The van der Waals surface area contributed by atoms with Crippen LogP contribution in [0.3, 0.4) is 0 Å². The van der Waals surface area contributed by atoms with Gasteiger partial charge >= 0.3 is 5.91 Å². The molecule has 4 rings (SSSR count). The average Bonchev–Trinajstić information content (AvgIpc) is 3.14. The molecule has 1 aromatic carbocycles. The van der Waals surface area contributed by atoms with Crippen LogP contribution in [-0.2, 0) is 11.2 Å². The molecule has 1 amide bonds. The van der Waals surface area contributed by atoms with Crippen LogP contribution in [0.5, 0.6) is 0 Å². The minimum atomic E-state index is -0.422. The zero-order valence-corrected chi connectivity index (χ0v) is 15.7. The van der Waals surface area contributed by atoms with Gasteiger partial charge in [0.25, 0.3) is 5.78 Å². The number of fused-ring (bicyclic) bond motifs is 2. The van der Waals surface area contributed by atoms with Crippen LogP contribution in [-0.4, -0.2) is 29.8 Å². The summed E-state index contributed by atoms with van der Waals surface area (Å²) in [6.07, 6.45) is 2.00. The van der Waals surface area contributed by atoms with Crippen LogP contribution in [0.25, 0.3) is 0 Å². The molecule has 6 heteroatoms. The highest BCUT2D eigenvalue weighted by atomic mass is 79.9. The van der Waals surface area contributed by atoms with E-state index in [1.807, 2.05) is 23.5 Å². The van der Waals surface area contributed by atoms with E-state index in [-0.39, 0.29) is 0 Å². The zero-order chi connectivity index (χ0) is 16.8. The topological polar surface area (TPSA) is 40.6 Å². The molecule has 0 unspecified atom stereocenters. The number of carbonyl (C=O) groups is 2. The molecule has 2 aromatic rings. The van der Waals surface area contributed by atoms with Crippen LogP contribution >= 0.6 is 27.3 Å². The maximum absolute atomic E-state index is 12.5. The van der Waals surface area contributed by atoms with Crippen molar-refractivity contribution >= 4 is 44.6 Å². The van der Waals surface area contributed by atoms with Crippen molar-refractivity contribution in [3.8, 4) is 0 Å². The van der Waals surface area contributed by atoms with Gasteiger partial charge in [-0.15, -0.1) is 11.3 Å². The summed E-state index contributed by atoms with van der Waals surface area (Å²) in [5.74, 6) is -0.832. The second-order valence-corrected chi connectivity index (χ2v) is 8.07. The molecule has 0 spiro atoms. The summed E-state index contributed by atoms with van der Waals surface area (Å²) in [5.41, 5.74) is 2.59. The van der Waals surface area contributed by atoms with Crippen molar-refractivity contribution in [2.75, 3.05) is 18.1 Å². The van der Waals surface area contributed by atoms with E-state index >= 15 is 0 Å². The lowest BCUT2D eigenvalue weighted by atomic mass is 9.98. The fourth-order valence-electron chi connectivity index (χ4n) is 3.69. The lowest BCUT2D eigenvalue weighted by molar-refractivity contribution is -0.114. The van der Waals surface area contributed by atoms with Gasteiger partial charge in [-0.25, -0.2) is 0 Å². The van der Waals surface area contributed by atoms with Crippen LogP contribution in [0.1, 0.15) is 40.2 Å². The van der Waals surface area contributed by atoms with Crippen molar-refractivity contribution in [2.45, 2.75) is 25.8 Å². The van der Waals surface area contributed by atoms with Crippen molar-refractivity contribution in [2.24, 2.45) is 0 Å². The average molecular weight is 405 g/mol. The van der Waals surface area contributed by atoms with Crippen molar-refractivity contribution in [3.05, 3.63) is 50.1 Å². The first kappa shape index (κ1) is 16.0. The number of hydrogen-bond donors (Lipinski definition) is 0. The van der Waals surface area contributed by atoms with E-state index in [0.29, 0.717) is 18.3 Å². The minimum Gasteiger partial charge on any atom is -0.291 e. The predicted molar refractivity (Wildman–Crippen MR) is 98.6 cm³/mol. The molecule has 0 saturated carbocycles. The monoisotopic (exact) mass is 404 g/mol. The molecule has 2 aliphatic rings. The Hall–Kier alpha value is -1.50. The van der Waals surface area contributed by atoms with Crippen LogP contribution in [0.4, 0.5) is 5.69 Å². The summed E-state index contributed by atoms with van der Waals surface area (Å²) >= 11 is 5.19. The second kappa shape index (κ2) is 6.10. The fraction of sp³-hybridized carbons (Fsp3) is 0.333. The third-order valence-electron chi connectivity index (χ3n) is 4.85. The first-order valence-electron chi connectivity index (χ1n) is 8.06. The highest BCUT2D eigenvalue weighted by Crippen LogP contribution is 2.37. The van der Waals surface area contributed by atoms with Crippen molar-refractivity contribution in [1.82, 2.24) is 4.90 Å². The highest BCUT2D eigenvalue weighted by molar-refractivity contribution is 9.10. The van der Waals surface area contributed by atoms with Crippen molar-refractivity contribution in [1.29, 1.82) is 0 Å². The third-order valence-corrected chi connectivity index (χ3v) is 6.34. The Morgan fingerprint density at radius 1 is 1.29 bits per heavy atom. The molecule has 0 fully saturated rings. The smallest absolute Gasteiger partial charge is 0.291 e. The number of carbonyl (C=O) groups excluding carboxylic acids is 2. The minimum absolute atomic E-state index is 0.308. The van der Waals surface area contributed by atoms with E-state index < -0.39 is 11.7 Å². The summed E-state index contributed by atoms with van der Waals surface area (Å²) in [7, 11) is 0. The number of ketones is 1. The van der Waals surface area contributed by atoms with E-state index in [2.05, 4.69) is 39.2 Å². The maximum Gasteiger partial charge on any atom is 0.300 e. The van der Waals surface area contributed by atoms with Gasteiger partial charge in [-0.1, -0.05) is 22.9 Å². The van der Waals surface area contributed by atoms with Crippen molar-refractivity contribution < 1.29 is 9.59 Å². The Kier molecular flexibility index (Phi) is 4.06. The molecule has 124 valence electrons. The maximum atomic E-state index is 12.5. The summed E-state index contributed by atoms with van der Waals surface area (Å²) in [4.78, 5) is 30.2. The molecule has 0 aliphatic carbocycles. The van der Waals surface area contributed by atoms with E-state index in [1.165, 1.54) is 10.4 Å². The number of thiophene rings is 1. The Labute approximate surface area is 153 Å². The Bertz CT molecular complexity index is 832. The standard InChI is InChI=1S/C18H17BrN2O2S/c1-2-14-12-6-8-24-16(12)5-7-20(14)10-21-15-4-3-11(19)9-13(15)17(22)18(21)23/h3-4,6,8-9,14H,2,5,7,10H2,1H3/t14-/m0/s1. The third kappa shape index (κ3) is 2.44. The summed E-state index contributed by atoms with van der Waals surface area (Å²) in [5, 5.41) is 2.15. The summed E-state index contributed by atoms with van der Waals surface area (Å²) in [6, 6.07) is 7.97. The van der Waals surface area contributed by atoms with Gasteiger partial charge in [0.2, 0.25) is 0 Å². The number of Topliss-reactive ketones (excluding diaryl/α,β-unsaturated/α-hetero) is 1. The van der Waals surface area contributed by atoms with E-state index in [9.17, 15) is 9.59 Å². The Morgan fingerprint density at radius 3 is 2.92 bits per heavy atom. The lowest BCUT2D eigenvalue weighted by Crippen LogP contribution is -2.45. The fourth-order valence-corrected chi connectivity index (χ4v) is 4.98. The van der Waals surface area contributed by atoms with Gasteiger partial charge in [0.15, 0.2) is 0 Å². The number of anilines is 1. The first-order chi connectivity index (χ1) is 11.6. The van der Waals surface area contributed by atoms with Crippen molar-refractivity contribution in [3.63, 3.8) is 0 Å². The van der Waals surface area contributed by atoms with Gasteiger partial charge in [0.05, 0.1) is 17.9 Å². The van der Waals surface area contributed by atoms with Gasteiger partial charge in [0, 0.05) is 21.9 Å². The predicted octanol–water partition coefficient (Wildman–Crippen LogP) is 4.01. The highest BCUT2D eigenvalue weighted by Gasteiger charge is 2.38. The molecule has 4 nitrogen and oxygen atoms in total. The van der Waals surface area contributed by atoms with Gasteiger partial charge in [0.1, 0.15) is 0 Å². The molecule has 1 atom stereocenters. The molecule has 2 aliphatic heterocycles. The van der Waals surface area contributed by atoms with Crippen LogP contribution in [0, 0.1) is 0 Å². The second-order valence-electron chi connectivity index (χ2n) is 6.15. The quantitative estimate of drug-likeness (QED) is 0.725. The largest absolute Gasteiger partial charge is 0.300 e. The summed E-state index contributed by atoms with van der Waals surface area (Å²) < 4.78 is 0.816. The molecular weight excluding hydrogens is 388 g/mol. The van der Waals surface area contributed by atoms with Crippen LogP contribution in [0.2, 0.25) is 0 Å². The molecule has 24 heavy (non-hydrogen) atoms. The van der Waals surface area contributed by atoms with Gasteiger partial charge < -0.3 is 0 Å². The molecule has 0 bridgehead atoms. The number of rotatable bonds is 3. The molecule has 0 saturated heterocycles. The van der Waals surface area contributed by atoms with Crippen LogP contribution in [0.15, 0.2) is 34.1 Å². The summed E-state index contributed by atoms with van der Waals surface area (Å²) in [6.45, 7) is 3.55. The molecule has 0 radical (unpaired) electrons. The lowest BCUT2D eigenvalue weighted by Gasteiger charge is -2.37. The number of amides is 1. The first-order valence-corrected chi connectivity index (χ1v) is 9.73. The molecule has 1 aromatic heterocycles. The van der Waals surface area contributed by atoms with E-state index in [0.717, 1.165) is 29.5 Å². The zero-order valence-electron chi connectivity index (χ0n) is 13.3. The van der Waals surface area contributed by atoms with Gasteiger partial charge in [-0.3, -0.25) is 19.4 Å². The Morgan fingerprint density at radius 2 is 2.12 bits per heavy atom. The van der Waals surface area contributed by atoms with Gasteiger partial charge in [-0.05, 0) is 48.1 Å². The van der Waals surface area contributed by atoms with E-state index in [1.54, 1.807) is 11.0 Å². The number of nitrogens with zero attached hydrogens (tertiary/aromatic N) is 2. The Balaban J connectivity index is 1.64.